The van der Waals surface area contributed by atoms with Crippen molar-refractivity contribution in [3.63, 3.8) is 0 Å². The number of carbonyl (C=O) groups is 1. The third kappa shape index (κ3) is 3.94. The molecule has 0 radical (unpaired) electrons. The van der Waals surface area contributed by atoms with Gasteiger partial charge in [0.15, 0.2) is 0 Å². The van der Waals surface area contributed by atoms with Gasteiger partial charge in [-0.3, -0.25) is 9.69 Å². The normalized spacial score (nSPS) is 24.8. The molecule has 2 fully saturated rings. The molecule has 2 aliphatic rings. The molecule has 98 valence electrons. The molecule has 1 heterocycles. The van der Waals surface area contributed by atoms with E-state index in [1.54, 1.807) is 7.05 Å². The highest BCUT2D eigenvalue weighted by atomic mass is 16.1. The molecule has 1 aliphatic carbocycles. The summed E-state index contributed by atoms with van der Waals surface area (Å²) < 4.78 is 0. The van der Waals surface area contributed by atoms with E-state index in [1.807, 2.05) is 0 Å². The molecular weight excluding hydrogens is 216 g/mol. The summed E-state index contributed by atoms with van der Waals surface area (Å²) >= 11 is 0. The van der Waals surface area contributed by atoms with Gasteiger partial charge in [0.25, 0.3) is 0 Å². The first-order valence-corrected chi connectivity index (χ1v) is 6.60. The minimum atomic E-state index is -0.257. The predicted octanol–water partition coefficient (Wildman–Crippen LogP) is -0.913. The third-order valence-corrected chi connectivity index (χ3v) is 3.81. The molecule has 0 aromatic rings. The second kappa shape index (κ2) is 5.80. The number of amides is 1. The Labute approximate surface area is 103 Å². The van der Waals surface area contributed by atoms with E-state index in [0.717, 1.165) is 38.6 Å². The van der Waals surface area contributed by atoms with Gasteiger partial charge in [-0.15, -0.1) is 0 Å². The second-order valence-electron chi connectivity index (χ2n) is 5.29. The average Bonchev–Trinajstić information content (AvgIpc) is 3.11. The van der Waals surface area contributed by atoms with Gasteiger partial charge in [-0.05, 0) is 25.8 Å². The fourth-order valence-electron chi connectivity index (χ4n) is 2.40. The molecule has 5 heteroatoms. The number of piperazine rings is 1. The SMILES string of the molecule is CNC(CN1CCN(CC2CC2)CC1)C(N)=O. The zero-order valence-electron chi connectivity index (χ0n) is 10.7. The van der Waals surface area contributed by atoms with E-state index in [4.69, 9.17) is 5.73 Å². The molecule has 1 saturated heterocycles. The van der Waals surface area contributed by atoms with E-state index in [-0.39, 0.29) is 11.9 Å². The number of nitrogens with zero attached hydrogens (tertiary/aromatic N) is 2. The first kappa shape index (κ1) is 12.8. The Morgan fingerprint density at radius 3 is 2.35 bits per heavy atom. The fraction of sp³-hybridized carbons (Fsp3) is 0.917. The van der Waals surface area contributed by atoms with Crippen molar-refractivity contribution in [2.75, 3.05) is 46.3 Å². The zero-order valence-corrected chi connectivity index (χ0v) is 10.7. The summed E-state index contributed by atoms with van der Waals surface area (Å²) in [5.41, 5.74) is 5.33. The van der Waals surface area contributed by atoms with E-state index in [2.05, 4.69) is 15.1 Å². The topological polar surface area (TPSA) is 61.6 Å². The summed E-state index contributed by atoms with van der Waals surface area (Å²) in [5.74, 6) is 0.713. The van der Waals surface area contributed by atoms with Crippen LogP contribution in [0, 0.1) is 5.92 Å². The van der Waals surface area contributed by atoms with Gasteiger partial charge in [0.2, 0.25) is 5.91 Å². The van der Waals surface area contributed by atoms with Gasteiger partial charge in [0, 0.05) is 39.3 Å². The van der Waals surface area contributed by atoms with Gasteiger partial charge in [-0.1, -0.05) is 0 Å². The summed E-state index contributed by atoms with van der Waals surface area (Å²) in [5, 5.41) is 2.97. The quantitative estimate of drug-likeness (QED) is 0.631. The smallest absolute Gasteiger partial charge is 0.235 e. The summed E-state index contributed by atoms with van der Waals surface area (Å²) in [6.45, 7) is 6.38. The van der Waals surface area contributed by atoms with Crippen LogP contribution in [0.4, 0.5) is 0 Å². The van der Waals surface area contributed by atoms with Crippen molar-refractivity contribution in [1.29, 1.82) is 0 Å². The Morgan fingerprint density at radius 2 is 1.88 bits per heavy atom. The van der Waals surface area contributed by atoms with Crippen LogP contribution in [0.3, 0.4) is 0 Å². The molecule has 0 spiro atoms. The number of nitrogens with two attached hydrogens (primary N) is 1. The maximum Gasteiger partial charge on any atom is 0.235 e. The minimum Gasteiger partial charge on any atom is -0.368 e. The lowest BCUT2D eigenvalue weighted by atomic mass is 10.2. The largest absolute Gasteiger partial charge is 0.368 e. The van der Waals surface area contributed by atoms with E-state index >= 15 is 0 Å². The number of hydrogen-bond donors (Lipinski definition) is 2. The molecule has 0 bridgehead atoms. The molecule has 17 heavy (non-hydrogen) atoms. The molecule has 1 amide bonds. The standard InChI is InChI=1S/C12H24N4O/c1-14-11(12(13)17)9-16-6-4-15(5-7-16)8-10-2-3-10/h10-11,14H,2-9H2,1H3,(H2,13,17). The van der Waals surface area contributed by atoms with Crippen molar-refractivity contribution in [2.24, 2.45) is 11.7 Å². The Morgan fingerprint density at radius 1 is 1.29 bits per heavy atom. The first-order chi connectivity index (χ1) is 8.19. The summed E-state index contributed by atoms with van der Waals surface area (Å²) in [6.07, 6.45) is 2.84. The number of rotatable bonds is 6. The molecule has 0 aromatic carbocycles. The van der Waals surface area contributed by atoms with Crippen LogP contribution in [0.5, 0.6) is 0 Å². The van der Waals surface area contributed by atoms with Gasteiger partial charge in [-0.2, -0.15) is 0 Å². The minimum absolute atomic E-state index is 0.218. The van der Waals surface area contributed by atoms with E-state index in [9.17, 15) is 4.79 Å². The fourth-order valence-corrected chi connectivity index (χ4v) is 2.40. The molecule has 1 atom stereocenters. The van der Waals surface area contributed by atoms with Gasteiger partial charge in [-0.25, -0.2) is 0 Å². The van der Waals surface area contributed by atoms with Crippen LogP contribution >= 0.6 is 0 Å². The van der Waals surface area contributed by atoms with Crippen LogP contribution in [0.2, 0.25) is 0 Å². The molecule has 1 aliphatic heterocycles. The highest BCUT2D eigenvalue weighted by Gasteiger charge is 2.27. The van der Waals surface area contributed by atoms with Crippen LogP contribution in [0.1, 0.15) is 12.8 Å². The molecule has 0 aromatic heterocycles. The highest BCUT2D eigenvalue weighted by molar-refractivity contribution is 5.80. The average molecular weight is 240 g/mol. The Balaban J connectivity index is 1.68. The van der Waals surface area contributed by atoms with Crippen molar-refractivity contribution < 1.29 is 4.79 Å². The third-order valence-electron chi connectivity index (χ3n) is 3.81. The van der Waals surface area contributed by atoms with Crippen molar-refractivity contribution >= 4 is 5.91 Å². The molecule has 1 unspecified atom stereocenters. The summed E-state index contributed by atoms with van der Waals surface area (Å²) in [6, 6.07) is -0.218. The van der Waals surface area contributed by atoms with Crippen LogP contribution in [0.25, 0.3) is 0 Å². The Kier molecular flexibility index (Phi) is 4.36. The molecule has 1 saturated carbocycles. The van der Waals surface area contributed by atoms with Crippen molar-refractivity contribution in [3.05, 3.63) is 0 Å². The summed E-state index contributed by atoms with van der Waals surface area (Å²) in [7, 11) is 1.79. The van der Waals surface area contributed by atoms with Crippen LogP contribution in [-0.2, 0) is 4.79 Å². The lowest BCUT2D eigenvalue weighted by Crippen LogP contribution is -2.53. The second-order valence-corrected chi connectivity index (χ2v) is 5.29. The summed E-state index contributed by atoms with van der Waals surface area (Å²) in [4.78, 5) is 16.0. The van der Waals surface area contributed by atoms with Crippen molar-refractivity contribution in [2.45, 2.75) is 18.9 Å². The van der Waals surface area contributed by atoms with E-state index < -0.39 is 0 Å². The zero-order chi connectivity index (χ0) is 12.3. The maximum atomic E-state index is 11.1. The monoisotopic (exact) mass is 240 g/mol. The highest BCUT2D eigenvalue weighted by Crippen LogP contribution is 2.29. The number of nitrogens with one attached hydrogen (secondary N) is 1. The van der Waals surface area contributed by atoms with Gasteiger partial charge >= 0.3 is 0 Å². The van der Waals surface area contributed by atoms with Crippen molar-refractivity contribution in [3.8, 4) is 0 Å². The predicted molar refractivity (Wildman–Crippen MR) is 67.6 cm³/mol. The first-order valence-electron chi connectivity index (χ1n) is 6.60. The molecule has 2 rings (SSSR count). The van der Waals surface area contributed by atoms with Gasteiger partial charge in [0.05, 0.1) is 6.04 Å². The number of primary amides is 1. The number of hydrogen-bond acceptors (Lipinski definition) is 4. The molecular formula is C12H24N4O. The van der Waals surface area contributed by atoms with Crippen LogP contribution in [-0.4, -0.2) is 68.1 Å². The number of likely N-dealkylation sites (N-methyl/N-ethyl adjacent to an activating group) is 1. The van der Waals surface area contributed by atoms with Gasteiger partial charge in [0.1, 0.15) is 0 Å². The van der Waals surface area contributed by atoms with Gasteiger partial charge < -0.3 is 16.0 Å². The Hall–Kier alpha value is -0.650. The Bertz CT molecular complexity index is 259. The van der Waals surface area contributed by atoms with Crippen LogP contribution < -0.4 is 11.1 Å². The molecule has 3 N–H and O–H groups in total. The van der Waals surface area contributed by atoms with E-state index in [1.165, 1.54) is 19.4 Å². The molecule has 5 nitrogen and oxygen atoms in total. The van der Waals surface area contributed by atoms with Crippen LogP contribution in [0.15, 0.2) is 0 Å². The number of carbonyl (C=O) groups excluding carboxylic acids is 1. The van der Waals surface area contributed by atoms with Crippen molar-refractivity contribution in [1.82, 2.24) is 15.1 Å². The maximum absolute atomic E-state index is 11.1. The lowest BCUT2D eigenvalue weighted by molar-refractivity contribution is -0.120. The lowest BCUT2D eigenvalue weighted by Gasteiger charge is -2.35. The van der Waals surface area contributed by atoms with E-state index in [0.29, 0.717) is 0 Å².